The van der Waals surface area contributed by atoms with Gasteiger partial charge in [0.15, 0.2) is 11.5 Å². The van der Waals surface area contributed by atoms with E-state index in [9.17, 15) is 10.2 Å². The molecule has 0 aliphatic rings. The number of hydrogen-bond donors (Lipinski definition) is 2. The molecule has 0 aliphatic carbocycles. The number of rotatable bonds is 8. The van der Waals surface area contributed by atoms with Crippen LogP contribution in [0.5, 0.6) is 28.7 Å². The first-order valence-electron chi connectivity index (χ1n) is 7.87. The fraction of sp³-hybridized carbons (Fsp3) is 0.368. The van der Waals surface area contributed by atoms with Gasteiger partial charge in [0.1, 0.15) is 11.5 Å². The zero-order valence-electron chi connectivity index (χ0n) is 14.9. The molecule has 0 aliphatic heterocycles. The average Bonchev–Trinajstić information content (AvgIpc) is 2.64. The van der Waals surface area contributed by atoms with Crippen molar-refractivity contribution < 1.29 is 29.2 Å². The highest BCUT2D eigenvalue weighted by Gasteiger charge is 2.16. The van der Waals surface area contributed by atoms with Gasteiger partial charge >= 0.3 is 0 Å². The van der Waals surface area contributed by atoms with Crippen LogP contribution >= 0.6 is 0 Å². The van der Waals surface area contributed by atoms with Gasteiger partial charge in [0, 0.05) is 11.6 Å². The van der Waals surface area contributed by atoms with Crippen molar-refractivity contribution in [3.63, 3.8) is 0 Å². The first-order chi connectivity index (χ1) is 12.0. The van der Waals surface area contributed by atoms with Gasteiger partial charge in [-0.3, -0.25) is 0 Å². The largest absolute Gasteiger partial charge is 0.507 e. The van der Waals surface area contributed by atoms with Crippen LogP contribution in [0.25, 0.3) is 0 Å². The van der Waals surface area contributed by atoms with Gasteiger partial charge in [-0.1, -0.05) is 0 Å². The Morgan fingerprint density at radius 3 is 2.00 bits per heavy atom. The van der Waals surface area contributed by atoms with Gasteiger partial charge < -0.3 is 29.2 Å². The van der Waals surface area contributed by atoms with E-state index in [4.69, 9.17) is 18.9 Å². The predicted molar refractivity (Wildman–Crippen MR) is 94.0 cm³/mol. The van der Waals surface area contributed by atoms with Crippen molar-refractivity contribution in [1.82, 2.24) is 0 Å². The summed E-state index contributed by atoms with van der Waals surface area (Å²) in [6.45, 7) is 0. The van der Waals surface area contributed by atoms with E-state index in [2.05, 4.69) is 0 Å². The first kappa shape index (κ1) is 18.7. The maximum absolute atomic E-state index is 10.4. The van der Waals surface area contributed by atoms with E-state index in [1.807, 2.05) is 12.1 Å². The molecule has 0 saturated carbocycles. The second kappa shape index (κ2) is 8.48. The molecule has 2 aromatic carbocycles. The van der Waals surface area contributed by atoms with E-state index < -0.39 is 6.10 Å². The van der Waals surface area contributed by atoms with E-state index in [0.717, 1.165) is 5.56 Å². The normalized spacial score (nSPS) is 11.7. The number of phenolic OH excluding ortho intramolecular Hbond substituents is 1. The second-order valence-corrected chi connectivity index (χ2v) is 5.51. The maximum Gasteiger partial charge on any atom is 0.203 e. The molecular weight excluding hydrogens is 324 g/mol. The van der Waals surface area contributed by atoms with Gasteiger partial charge in [-0.05, 0) is 42.7 Å². The first-order valence-corrected chi connectivity index (χ1v) is 7.87. The minimum absolute atomic E-state index is 0.0109. The van der Waals surface area contributed by atoms with Crippen LogP contribution in [0.15, 0.2) is 30.3 Å². The van der Waals surface area contributed by atoms with Crippen LogP contribution in [0, 0.1) is 0 Å². The Kier molecular flexibility index (Phi) is 6.36. The minimum atomic E-state index is -0.801. The van der Waals surface area contributed by atoms with E-state index in [1.54, 1.807) is 33.5 Å². The Balaban J connectivity index is 2.15. The molecule has 6 nitrogen and oxygen atoms in total. The van der Waals surface area contributed by atoms with Crippen LogP contribution in [-0.4, -0.2) is 38.7 Å². The summed E-state index contributed by atoms with van der Waals surface area (Å²) in [5.41, 5.74) is 1.40. The van der Waals surface area contributed by atoms with Crippen molar-refractivity contribution in [3.8, 4) is 28.7 Å². The summed E-state index contributed by atoms with van der Waals surface area (Å²) in [4.78, 5) is 0. The van der Waals surface area contributed by atoms with Gasteiger partial charge in [0.2, 0.25) is 5.75 Å². The van der Waals surface area contributed by atoms with Crippen molar-refractivity contribution in [1.29, 1.82) is 0 Å². The third-order valence-electron chi connectivity index (χ3n) is 4.03. The zero-order chi connectivity index (χ0) is 18.4. The number of aryl methyl sites for hydroxylation is 1. The number of methoxy groups -OCH3 is 4. The van der Waals surface area contributed by atoms with Gasteiger partial charge in [0.25, 0.3) is 0 Å². The molecule has 25 heavy (non-hydrogen) atoms. The molecule has 0 bridgehead atoms. The predicted octanol–water partition coefficient (Wildman–Crippen LogP) is 3.09. The molecule has 0 saturated heterocycles. The Morgan fingerprint density at radius 1 is 0.880 bits per heavy atom. The molecule has 2 N–H and O–H groups in total. The SMILES string of the molecule is COc1ccc(C(O)CCc2cc(OC)c(OC)c(OC)c2)c(O)c1. The lowest BCUT2D eigenvalue weighted by molar-refractivity contribution is 0.164. The Labute approximate surface area is 147 Å². The molecule has 0 heterocycles. The number of phenols is 1. The van der Waals surface area contributed by atoms with Crippen molar-refractivity contribution in [2.45, 2.75) is 18.9 Å². The van der Waals surface area contributed by atoms with Crippen LogP contribution in [-0.2, 0) is 6.42 Å². The maximum atomic E-state index is 10.4. The van der Waals surface area contributed by atoms with E-state index in [0.29, 0.717) is 41.4 Å². The fourth-order valence-electron chi connectivity index (χ4n) is 2.67. The number of aromatic hydroxyl groups is 1. The summed E-state index contributed by atoms with van der Waals surface area (Å²) in [5, 5.41) is 20.4. The molecule has 1 atom stereocenters. The summed E-state index contributed by atoms with van der Waals surface area (Å²) < 4.78 is 21.0. The van der Waals surface area contributed by atoms with Crippen LogP contribution in [0.1, 0.15) is 23.7 Å². The highest BCUT2D eigenvalue weighted by atomic mass is 16.5. The summed E-state index contributed by atoms with van der Waals surface area (Å²) in [7, 11) is 6.20. The smallest absolute Gasteiger partial charge is 0.203 e. The number of aliphatic hydroxyl groups excluding tert-OH is 1. The van der Waals surface area contributed by atoms with E-state index in [-0.39, 0.29) is 5.75 Å². The monoisotopic (exact) mass is 348 g/mol. The molecule has 2 rings (SSSR count). The van der Waals surface area contributed by atoms with Gasteiger partial charge in [-0.15, -0.1) is 0 Å². The number of ether oxygens (including phenoxy) is 4. The third-order valence-corrected chi connectivity index (χ3v) is 4.03. The van der Waals surface area contributed by atoms with Crippen molar-refractivity contribution in [3.05, 3.63) is 41.5 Å². The molecule has 0 amide bonds. The van der Waals surface area contributed by atoms with Crippen LogP contribution in [0.4, 0.5) is 0 Å². The van der Waals surface area contributed by atoms with E-state index >= 15 is 0 Å². The Hall–Kier alpha value is -2.60. The topological polar surface area (TPSA) is 77.4 Å². The minimum Gasteiger partial charge on any atom is -0.507 e. The fourth-order valence-corrected chi connectivity index (χ4v) is 2.67. The van der Waals surface area contributed by atoms with Crippen molar-refractivity contribution in [2.75, 3.05) is 28.4 Å². The van der Waals surface area contributed by atoms with E-state index in [1.165, 1.54) is 13.2 Å². The highest BCUT2D eigenvalue weighted by molar-refractivity contribution is 5.54. The lowest BCUT2D eigenvalue weighted by Crippen LogP contribution is -2.02. The zero-order valence-corrected chi connectivity index (χ0v) is 14.9. The summed E-state index contributed by atoms with van der Waals surface area (Å²) in [5.74, 6) is 2.22. The Bertz CT molecular complexity index is 688. The van der Waals surface area contributed by atoms with Crippen LogP contribution in [0.3, 0.4) is 0 Å². The molecular formula is C19H24O6. The standard InChI is InChI=1S/C19H24O6/c1-22-13-6-7-14(16(21)11-13)15(20)8-5-12-9-17(23-2)19(25-4)18(10-12)24-3/h6-7,9-11,15,20-21H,5,8H2,1-4H3. The molecule has 2 aromatic rings. The summed E-state index contributed by atoms with van der Waals surface area (Å²) >= 11 is 0. The molecule has 136 valence electrons. The lowest BCUT2D eigenvalue weighted by Gasteiger charge is -2.16. The third kappa shape index (κ3) is 4.28. The second-order valence-electron chi connectivity index (χ2n) is 5.51. The van der Waals surface area contributed by atoms with Gasteiger partial charge in [-0.25, -0.2) is 0 Å². The van der Waals surface area contributed by atoms with Crippen molar-refractivity contribution in [2.24, 2.45) is 0 Å². The Morgan fingerprint density at radius 2 is 1.52 bits per heavy atom. The van der Waals surface area contributed by atoms with Crippen LogP contribution < -0.4 is 18.9 Å². The molecule has 0 fully saturated rings. The molecule has 6 heteroatoms. The molecule has 1 unspecified atom stereocenters. The summed E-state index contributed by atoms with van der Waals surface area (Å²) in [6, 6.07) is 8.55. The molecule has 0 spiro atoms. The lowest BCUT2D eigenvalue weighted by atomic mass is 10.00. The molecule has 0 radical (unpaired) electrons. The number of benzene rings is 2. The number of hydrogen-bond acceptors (Lipinski definition) is 6. The van der Waals surface area contributed by atoms with Crippen molar-refractivity contribution >= 4 is 0 Å². The summed E-state index contributed by atoms with van der Waals surface area (Å²) in [6.07, 6.45) is 0.201. The van der Waals surface area contributed by atoms with Gasteiger partial charge in [0.05, 0.1) is 34.5 Å². The van der Waals surface area contributed by atoms with Crippen LogP contribution in [0.2, 0.25) is 0 Å². The molecule has 0 aromatic heterocycles. The quantitative estimate of drug-likeness (QED) is 0.763. The highest BCUT2D eigenvalue weighted by Crippen LogP contribution is 2.39. The van der Waals surface area contributed by atoms with Gasteiger partial charge in [-0.2, -0.15) is 0 Å². The average molecular weight is 348 g/mol. The number of aliphatic hydroxyl groups is 1.